The Morgan fingerprint density at radius 1 is 1.54 bits per heavy atom. The third kappa shape index (κ3) is 2.58. The van der Waals surface area contributed by atoms with Crippen LogP contribution in [0.1, 0.15) is 10.4 Å². The lowest BCUT2D eigenvalue weighted by Gasteiger charge is -2.04. The molecule has 0 aromatic heterocycles. The maximum Gasteiger partial charge on any atom is 0.178 e. The molecule has 0 saturated carbocycles. The van der Waals surface area contributed by atoms with Crippen molar-refractivity contribution in [3.05, 3.63) is 30.8 Å². The second kappa shape index (κ2) is 4.96. The van der Waals surface area contributed by atoms with Gasteiger partial charge < -0.3 is 0 Å². The highest BCUT2D eigenvalue weighted by atomic mass is 127. The van der Waals surface area contributed by atoms with Gasteiger partial charge in [-0.25, -0.2) is 0 Å². The van der Waals surface area contributed by atoms with Crippen molar-refractivity contribution in [1.29, 1.82) is 0 Å². The van der Waals surface area contributed by atoms with E-state index in [4.69, 9.17) is 23.2 Å². The highest BCUT2D eigenvalue weighted by Gasteiger charge is 2.12. The summed E-state index contributed by atoms with van der Waals surface area (Å²) < 4.78 is 1.54. The largest absolute Gasteiger partial charge is 0.293 e. The zero-order valence-corrected chi connectivity index (χ0v) is 11.5. The molecule has 0 fully saturated rings. The van der Waals surface area contributed by atoms with Crippen LogP contribution in [0.5, 0.6) is 0 Å². The minimum atomic E-state index is -0.0940. The van der Waals surface area contributed by atoms with Crippen LogP contribution in [0.2, 0.25) is 5.02 Å². The van der Waals surface area contributed by atoms with Crippen LogP contribution in [0.4, 0.5) is 0 Å². The number of carbonyl (C=O) groups is 1. The summed E-state index contributed by atoms with van der Waals surface area (Å²) in [6, 6.07) is 3.35. The molecule has 0 aliphatic rings. The molecule has 1 rings (SSSR count). The van der Waals surface area contributed by atoms with Crippen molar-refractivity contribution < 1.29 is 4.79 Å². The van der Waals surface area contributed by atoms with Crippen molar-refractivity contribution in [2.45, 2.75) is 0 Å². The van der Waals surface area contributed by atoms with Crippen LogP contribution in [0.15, 0.2) is 16.6 Å². The molecule has 0 spiro atoms. The Hall–Kier alpha value is 0.680. The number of ketones is 1. The van der Waals surface area contributed by atoms with E-state index >= 15 is 0 Å². The van der Waals surface area contributed by atoms with E-state index in [2.05, 4.69) is 38.5 Å². The van der Waals surface area contributed by atoms with E-state index < -0.39 is 0 Å². The van der Waals surface area contributed by atoms with Crippen LogP contribution in [0, 0.1) is 3.57 Å². The second-order valence-electron chi connectivity index (χ2n) is 2.28. The molecule has 0 N–H and O–H groups in total. The summed E-state index contributed by atoms with van der Waals surface area (Å²) in [4.78, 5) is 11.3. The molecule has 0 bridgehead atoms. The molecule has 0 aliphatic heterocycles. The fraction of sp³-hybridized carbons (Fsp3) is 0.125. The van der Waals surface area contributed by atoms with E-state index in [9.17, 15) is 4.79 Å². The highest BCUT2D eigenvalue weighted by molar-refractivity contribution is 14.1. The van der Waals surface area contributed by atoms with Crippen molar-refractivity contribution in [1.82, 2.24) is 0 Å². The first-order chi connectivity index (χ1) is 6.07. The van der Waals surface area contributed by atoms with Crippen LogP contribution in [-0.2, 0) is 0 Å². The maximum absolute atomic E-state index is 11.3. The first-order valence-corrected chi connectivity index (χ1v) is 6.09. The van der Waals surface area contributed by atoms with Crippen molar-refractivity contribution in [3.63, 3.8) is 0 Å². The number of rotatable bonds is 2. The molecule has 1 aromatic rings. The molecule has 1 aromatic carbocycles. The summed E-state index contributed by atoms with van der Waals surface area (Å²) in [6.45, 7) is 0. The molecule has 0 atom stereocenters. The SMILES string of the molecule is O=C(CCl)c1ccc(Cl)c(Br)c1I. The van der Waals surface area contributed by atoms with E-state index in [-0.39, 0.29) is 11.7 Å². The Morgan fingerprint density at radius 2 is 2.15 bits per heavy atom. The van der Waals surface area contributed by atoms with E-state index in [1.807, 2.05) is 0 Å². The predicted octanol–water partition coefficient (Wildman–Crippen LogP) is 4.13. The summed E-state index contributed by atoms with van der Waals surface area (Å²) >= 11 is 16.6. The van der Waals surface area contributed by atoms with Gasteiger partial charge in [-0.3, -0.25) is 4.79 Å². The number of hydrogen-bond acceptors (Lipinski definition) is 1. The first-order valence-electron chi connectivity index (χ1n) is 3.30. The van der Waals surface area contributed by atoms with Gasteiger partial charge in [0.2, 0.25) is 0 Å². The minimum Gasteiger partial charge on any atom is -0.293 e. The van der Waals surface area contributed by atoms with Crippen LogP contribution >= 0.6 is 61.7 Å². The zero-order chi connectivity index (χ0) is 10.0. The molecular weight excluding hydrogens is 390 g/mol. The Bertz CT molecular complexity index is 354. The normalized spacial score (nSPS) is 10.2. The minimum absolute atomic E-state index is 0.00985. The predicted molar refractivity (Wildman–Crippen MR) is 66.9 cm³/mol. The Labute approximate surface area is 108 Å². The zero-order valence-electron chi connectivity index (χ0n) is 6.28. The molecule has 0 amide bonds. The Balaban J connectivity index is 3.26. The number of hydrogen-bond donors (Lipinski definition) is 0. The topological polar surface area (TPSA) is 17.1 Å². The summed E-state index contributed by atoms with van der Waals surface area (Å²) in [6.07, 6.45) is 0. The lowest BCUT2D eigenvalue weighted by atomic mass is 10.1. The molecule has 13 heavy (non-hydrogen) atoms. The monoisotopic (exact) mass is 392 g/mol. The molecule has 0 unspecified atom stereocenters. The summed E-state index contributed by atoms with van der Waals surface area (Å²) in [5.74, 6) is -0.104. The van der Waals surface area contributed by atoms with Gasteiger partial charge in [-0.2, -0.15) is 0 Å². The number of halogens is 4. The highest BCUT2D eigenvalue weighted by Crippen LogP contribution is 2.30. The van der Waals surface area contributed by atoms with Crippen LogP contribution in [0.3, 0.4) is 0 Å². The first kappa shape index (κ1) is 11.8. The molecule has 70 valence electrons. The van der Waals surface area contributed by atoms with Gasteiger partial charge >= 0.3 is 0 Å². The van der Waals surface area contributed by atoms with Crippen molar-refractivity contribution in [2.24, 2.45) is 0 Å². The third-order valence-electron chi connectivity index (χ3n) is 1.46. The van der Waals surface area contributed by atoms with Gasteiger partial charge in [-0.1, -0.05) is 11.6 Å². The number of Topliss-reactive ketones (excluding diaryl/α,β-unsaturated/α-hetero) is 1. The molecule has 0 heterocycles. The van der Waals surface area contributed by atoms with Crippen LogP contribution in [0.25, 0.3) is 0 Å². The summed E-state index contributed by atoms with van der Waals surface area (Å²) in [7, 11) is 0. The standard InChI is InChI=1S/C8H4BrCl2IO/c9-7-5(11)2-1-4(8(7)12)6(13)3-10/h1-2H,3H2. The second-order valence-corrected chi connectivity index (χ2v) is 4.83. The van der Waals surface area contributed by atoms with Crippen molar-refractivity contribution in [2.75, 3.05) is 5.88 Å². The van der Waals surface area contributed by atoms with Gasteiger partial charge in [0.15, 0.2) is 5.78 Å². The van der Waals surface area contributed by atoms with Gasteiger partial charge in [0.1, 0.15) is 0 Å². The Kier molecular flexibility index (Phi) is 4.48. The molecule has 0 aliphatic carbocycles. The van der Waals surface area contributed by atoms with Gasteiger partial charge in [0.25, 0.3) is 0 Å². The third-order valence-corrected chi connectivity index (χ3v) is 4.93. The van der Waals surface area contributed by atoms with Gasteiger partial charge in [-0.05, 0) is 50.7 Å². The fourth-order valence-electron chi connectivity index (χ4n) is 0.813. The molecule has 1 nitrogen and oxygen atoms in total. The quantitative estimate of drug-likeness (QED) is 0.319. The van der Waals surface area contributed by atoms with Gasteiger partial charge in [0, 0.05) is 9.13 Å². The van der Waals surface area contributed by atoms with Crippen molar-refractivity contribution >= 4 is 67.5 Å². The van der Waals surface area contributed by atoms with E-state index in [1.54, 1.807) is 12.1 Å². The van der Waals surface area contributed by atoms with Crippen molar-refractivity contribution in [3.8, 4) is 0 Å². The lowest BCUT2D eigenvalue weighted by Crippen LogP contribution is -2.03. The average Bonchev–Trinajstić information content (AvgIpc) is 2.13. The Morgan fingerprint density at radius 3 is 2.69 bits per heavy atom. The molecule has 0 radical (unpaired) electrons. The maximum atomic E-state index is 11.3. The van der Waals surface area contributed by atoms with E-state index in [0.717, 1.165) is 8.04 Å². The number of alkyl halides is 1. The van der Waals surface area contributed by atoms with E-state index in [0.29, 0.717) is 10.6 Å². The fourth-order valence-corrected chi connectivity index (χ4v) is 2.39. The number of carbonyl (C=O) groups excluding carboxylic acids is 1. The van der Waals surface area contributed by atoms with Gasteiger partial charge in [0.05, 0.1) is 15.4 Å². The van der Waals surface area contributed by atoms with Gasteiger partial charge in [-0.15, -0.1) is 11.6 Å². The molecule has 0 saturated heterocycles. The molecule has 5 heteroatoms. The lowest BCUT2D eigenvalue weighted by molar-refractivity contribution is 0.102. The number of benzene rings is 1. The van der Waals surface area contributed by atoms with Crippen LogP contribution < -0.4 is 0 Å². The van der Waals surface area contributed by atoms with Crippen LogP contribution in [-0.4, -0.2) is 11.7 Å². The van der Waals surface area contributed by atoms with E-state index in [1.165, 1.54) is 0 Å². The molecular formula is C8H4BrCl2IO. The summed E-state index contributed by atoms with van der Waals surface area (Å²) in [5.41, 5.74) is 0.604. The smallest absolute Gasteiger partial charge is 0.178 e. The average molecular weight is 394 g/mol. The summed E-state index contributed by atoms with van der Waals surface area (Å²) in [5, 5.41) is 0.593.